The first kappa shape index (κ1) is 13.9. The van der Waals surface area contributed by atoms with E-state index in [0.29, 0.717) is 15.5 Å². The lowest BCUT2D eigenvalue weighted by Crippen LogP contribution is -2.14. The molecule has 1 amide bonds. The van der Waals surface area contributed by atoms with Crippen LogP contribution in [0.5, 0.6) is 0 Å². The second-order valence-electron chi connectivity index (χ2n) is 4.08. The van der Waals surface area contributed by atoms with Gasteiger partial charge in [0.05, 0.1) is 5.69 Å². The van der Waals surface area contributed by atoms with Gasteiger partial charge in [0.1, 0.15) is 5.82 Å². The van der Waals surface area contributed by atoms with E-state index in [1.165, 1.54) is 18.2 Å². The van der Waals surface area contributed by atoms with Gasteiger partial charge in [-0.15, -0.1) is 12.6 Å². The van der Waals surface area contributed by atoms with Gasteiger partial charge in [-0.3, -0.25) is 4.79 Å². The Balaban J connectivity index is 2.30. The summed E-state index contributed by atoms with van der Waals surface area (Å²) in [6.45, 7) is 1.80. The molecule has 0 atom stereocenters. The maximum absolute atomic E-state index is 13.5. The van der Waals surface area contributed by atoms with E-state index in [1.807, 2.05) is 0 Å². The molecule has 98 valence electrons. The largest absolute Gasteiger partial charge is 0.319 e. The van der Waals surface area contributed by atoms with Crippen LogP contribution in [-0.4, -0.2) is 5.91 Å². The van der Waals surface area contributed by atoms with E-state index in [2.05, 4.69) is 17.9 Å². The summed E-state index contributed by atoms with van der Waals surface area (Å²) < 4.78 is 13.5. The summed E-state index contributed by atoms with van der Waals surface area (Å²) in [7, 11) is 0. The zero-order valence-corrected chi connectivity index (χ0v) is 11.7. The number of halogens is 2. The van der Waals surface area contributed by atoms with Crippen molar-refractivity contribution in [2.24, 2.45) is 0 Å². The molecule has 2 nitrogen and oxygen atoms in total. The van der Waals surface area contributed by atoms with Gasteiger partial charge < -0.3 is 5.32 Å². The topological polar surface area (TPSA) is 29.1 Å². The Morgan fingerprint density at radius 1 is 1.26 bits per heavy atom. The number of thiol groups is 1. The number of carbonyl (C=O) groups excluding carboxylic acids is 1. The van der Waals surface area contributed by atoms with Crippen molar-refractivity contribution in [2.75, 3.05) is 5.32 Å². The van der Waals surface area contributed by atoms with E-state index in [1.54, 1.807) is 25.1 Å². The van der Waals surface area contributed by atoms with Crippen LogP contribution in [0.3, 0.4) is 0 Å². The minimum atomic E-state index is -0.530. The molecular formula is C14H11ClFNOS. The minimum absolute atomic E-state index is 0.0569. The smallest absolute Gasteiger partial charge is 0.256 e. The average molecular weight is 296 g/mol. The van der Waals surface area contributed by atoms with Crippen LogP contribution < -0.4 is 5.32 Å². The van der Waals surface area contributed by atoms with Crippen LogP contribution in [0.4, 0.5) is 10.1 Å². The Kier molecular flexibility index (Phi) is 4.12. The Morgan fingerprint density at radius 3 is 2.74 bits per heavy atom. The molecular weight excluding hydrogens is 285 g/mol. The highest BCUT2D eigenvalue weighted by Crippen LogP contribution is 2.21. The van der Waals surface area contributed by atoms with Gasteiger partial charge in [-0.1, -0.05) is 17.7 Å². The molecule has 0 radical (unpaired) electrons. The van der Waals surface area contributed by atoms with Crippen molar-refractivity contribution in [1.29, 1.82) is 0 Å². The maximum Gasteiger partial charge on any atom is 0.256 e. The molecule has 0 aliphatic carbocycles. The van der Waals surface area contributed by atoms with Gasteiger partial charge in [0.15, 0.2) is 0 Å². The highest BCUT2D eigenvalue weighted by Gasteiger charge is 2.12. The quantitative estimate of drug-likeness (QED) is 0.793. The number of hydrogen-bond acceptors (Lipinski definition) is 2. The summed E-state index contributed by atoms with van der Waals surface area (Å²) in [5, 5.41) is 2.86. The molecule has 2 rings (SSSR count). The summed E-state index contributed by atoms with van der Waals surface area (Å²) in [5.74, 6) is -0.924. The van der Waals surface area contributed by atoms with E-state index >= 15 is 0 Å². The van der Waals surface area contributed by atoms with Gasteiger partial charge in [0.2, 0.25) is 0 Å². The molecule has 2 aromatic rings. The van der Waals surface area contributed by atoms with Crippen molar-refractivity contribution in [3.63, 3.8) is 0 Å². The highest BCUT2D eigenvalue weighted by molar-refractivity contribution is 7.80. The molecule has 19 heavy (non-hydrogen) atoms. The first-order valence-electron chi connectivity index (χ1n) is 5.53. The van der Waals surface area contributed by atoms with Crippen molar-refractivity contribution in [3.05, 3.63) is 58.4 Å². The Hall–Kier alpha value is -1.52. The molecule has 0 saturated heterocycles. The lowest BCUT2D eigenvalue weighted by Gasteiger charge is -2.09. The van der Waals surface area contributed by atoms with Crippen LogP contribution in [0.25, 0.3) is 0 Å². The molecule has 0 unspecified atom stereocenters. The Labute approximate surface area is 121 Å². The lowest BCUT2D eigenvalue weighted by molar-refractivity contribution is 0.102. The Bertz CT molecular complexity index is 645. The van der Waals surface area contributed by atoms with Gasteiger partial charge in [-0.25, -0.2) is 4.39 Å². The fraction of sp³-hybridized carbons (Fsp3) is 0.0714. The summed E-state index contributed by atoms with van der Waals surface area (Å²) in [6, 6.07) is 9.21. The number of aryl methyl sites for hydroxylation is 1. The molecule has 5 heteroatoms. The third kappa shape index (κ3) is 3.28. The van der Waals surface area contributed by atoms with E-state index in [-0.39, 0.29) is 5.69 Å². The fourth-order valence-corrected chi connectivity index (χ4v) is 2.01. The maximum atomic E-state index is 13.5. The van der Waals surface area contributed by atoms with Gasteiger partial charge >= 0.3 is 0 Å². The molecule has 0 bridgehead atoms. The number of nitrogens with one attached hydrogen (secondary N) is 1. The molecule has 1 N–H and O–H groups in total. The van der Waals surface area contributed by atoms with E-state index in [9.17, 15) is 9.18 Å². The molecule has 0 aliphatic rings. The van der Waals surface area contributed by atoms with Crippen LogP contribution >= 0.6 is 24.2 Å². The SMILES string of the molecule is Cc1ccc(S)cc1C(=O)Nc1cc(Cl)ccc1F. The Morgan fingerprint density at radius 2 is 2.00 bits per heavy atom. The lowest BCUT2D eigenvalue weighted by atomic mass is 10.1. The van der Waals surface area contributed by atoms with Crippen molar-refractivity contribution < 1.29 is 9.18 Å². The number of rotatable bonds is 2. The summed E-state index contributed by atoms with van der Waals surface area (Å²) in [6.07, 6.45) is 0. The number of hydrogen-bond donors (Lipinski definition) is 2. The second-order valence-corrected chi connectivity index (χ2v) is 5.03. The van der Waals surface area contributed by atoms with E-state index in [0.717, 1.165) is 5.56 Å². The molecule has 0 aromatic heterocycles. The van der Waals surface area contributed by atoms with Gasteiger partial charge in [-0.2, -0.15) is 0 Å². The molecule has 0 saturated carbocycles. The third-order valence-corrected chi connectivity index (χ3v) is 3.16. The van der Waals surface area contributed by atoms with Crippen LogP contribution in [0.2, 0.25) is 5.02 Å². The summed E-state index contributed by atoms with van der Waals surface area (Å²) in [4.78, 5) is 12.8. The first-order chi connectivity index (χ1) is 8.97. The first-order valence-corrected chi connectivity index (χ1v) is 6.36. The third-order valence-electron chi connectivity index (χ3n) is 2.64. The summed E-state index contributed by atoms with van der Waals surface area (Å²) >= 11 is 9.96. The molecule has 0 fully saturated rings. The fourth-order valence-electron chi connectivity index (χ4n) is 1.64. The number of benzene rings is 2. The van der Waals surface area contributed by atoms with E-state index in [4.69, 9.17) is 11.6 Å². The number of amides is 1. The highest BCUT2D eigenvalue weighted by atomic mass is 35.5. The number of carbonyl (C=O) groups is 1. The van der Waals surface area contributed by atoms with Crippen LogP contribution in [-0.2, 0) is 0 Å². The number of anilines is 1. The predicted molar refractivity (Wildman–Crippen MR) is 77.8 cm³/mol. The zero-order chi connectivity index (χ0) is 14.0. The van der Waals surface area contributed by atoms with E-state index < -0.39 is 11.7 Å². The van der Waals surface area contributed by atoms with Crippen LogP contribution in [0.15, 0.2) is 41.3 Å². The normalized spacial score (nSPS) is 10.3. The van der Waals surface area contributed by atoms with Crippen LogP contribution in [0, 0.1) is 12.7 Å². The minimum Gasteiger partial charge on any atom is -0.319 e. The van der Waals surface area contributed by atoms with Crippen molar-refractivity contribution in [1.82, 2.24) is 0 Å². The standard InChI is InChI=1S/C14H11ClFNOS/c1-8-2-4-10(19)7-11(8)14(18)17-13-6-9(15)3-5-12(13)16/h2-7,19H,1H3,(H,17,18). The van der Waals surface area contributed by atoms with Crippen molar-refractivity contribution >= 4 is 35.8 Å². The average Bonchev–Trinajstić information content (AvgIpc) is 2.36. The van der Waals surface area contributed by atoms with Gasteiger partial charge in [0.25, 0.3) is 5.91 Å². The predicted octanol–water partition coefficient (Wildman–Crippen LogP) is 4.33. The zero-order valence-electron chi connectivity index (χ0n) is 10.1. The second kappa shape index (κ2) is 5.63. The van der Waals surface area contributed by atoms with Crippen molar-refractivity contribution in [3.8, 4) is 0 Å². The van der Waals surface area contributed by atoms with Crippen LogP contribution in [0.1, 0.15) is 15.9 Å². The molecule has 2 aromatic carbocycles. The monoisotopic (exact) mass is 295 g/mol. The summed E-state index contributed by atoms with van der Waals surface area (Å²) in [5.41, 5.74) is 1.30. The molecule has 0 heterocycles. The van der Waals surface area contributed by atoms with Gasteiger partial charge in [0, 0.05) is 15.5 Å². The van der Waals surface area contributed by atoms with Gasteiger partial charge in [-0.05, 0) is 42.8 Å². The molecule has 0 aliphatic heterocycles. The molecule has 0 spiro atoms. The van der Waals surface area contributed by atoms with Crippen molar-refractivity contribution in [2.45, 2.75) is 11.8 Å².